The molecule has 0 unspecified atom stereocenters. The molecule has 27 heavy (non-hydrogen) atoms. The van der Waals surface area contributed by atoms with Crippen LogP contribution >= 0.6 is 0 Å². The zero-order valence-electron chi connectivity index (χ0n) is 16.9. The molecular formula is C18H33N3O6. The van der Waals surface area contributed by atoms with Crippen molar-refractivity contribution in [1.29, 1.82) is 0 Å². The van der Waals surface area contributed by atoms with Gasteiger partial charge in [0.05, 0.1) is 13.2 Å². The molecule has 3 amide bonds. The van der Waals surface area contributed by atoms with Crippen molar-refractivity contribution >= 4 is 17.9 Å². The van der Waals surface area contributed by atoms with Gasteiger partial charge in [0, 0.05) is 46.3 Å². The highest BCUT2D eigenvalue weighted by Crippen LogP contribution is 2.07. The summed E-state index contributed by atoms with van der Waals surface area (Å²) in [6.07, 6.45) is 0.388. The Kier molecular flexibility index (Phi) is 10.1. The predicted molar refractivity (Wildman–Crippen MR) is 99.3 cm³/mol. The van der Waals surface area contributed by atoms with Crippen LogP contribution in [-0.2, 0) is 23.8 Å². The van der Waals surface area contributed by atoms with E-state index in [2.05, 4.69) is 5.32 Å². The van der Waals surface area contributed by atoms with E-state index in [1.807, 2.05) is 0 Å². The smallest absolute Gasteiger partial charge is 0.407 e. The maximum atomic E-state index is 12.3. The number of hydrogen-bond acceptors (Lipinski definition) is 6. The quantitative estimate of drug-likeness (QED) is 0.614. The largest absolute Gasteiger partial charge is 0.444 e. The van der Waals surface area contributed by atoms with Crippen LogP contribution in [0.5, 0.6) is 0 Å². The van der Waals surface area contributed by atoms with Crippen LogP contribution in [-0.4, -0.2) is 93.0 Å². The van der Waals surface area contributed by atoms with E-state index in [0.29, 0.717) is 39.4 Å². The second-order valence-corrected chi connectivity index (χ2v) is 7.34. The third-order valence-corrected chi connectivity index (χ3v) is 3.87. The fraction of sp³-hybridized carbons (Fsp3) is 0.833. The Morgan fingerprint density at radius 2 is 1.59 bits per heavy atom. The van der Waals surface area contributed by atoms with Crippen molar-refractivity contribution in [2.75, 3.05) is 59.7 Å². The number of nitrogens with zero attached hydrogens (tertiary/aromatic N) is 2. The predicted octanol–water partition coefficient (Wildman–Crippen LogP) is 0.625. The van der Waals surface area contributed by atoms with Crippen molar-refractivity contribution in [2.45, 2.75) is 39.2 Å². The third-order valence-electron chi connectivity index (χ3n) is 3.87. The number of ether oxygens (including phenoxy) is 3. The maximum absolute atomic E-state index is 12.3. The minimum Gasteiger partial charge on any atom is -0.444 e. The Bertz CT molecular complexity index is 492. The topological polar surface area (TPSA) is 97.4 Å². The van der Waals surface area contributed by atoms with E-state index in [9.17, 15) is 14.4 Å². The number of nitrogens with one attached hydrogen (secondary N) is 1. The Hall–Kier alpha value is -1.87. The fourth-order valence-electron chi connectivity index (χ4n) is 2.55. The molecule has 1 N–H and O–H groups in total. The molecule has 9 heteroatoms. The molecule has 1 heterocycles. The van der Waals surface area contributed by atoms with E-state index in [1.165, 1.54) is 0 Å². The van der Waals surface area contributed by atoms with E-state index in [1.54, 1.807) is 37.7 Å². The van der Waals surface area contributed by atoms with E-state index in [0.717, 1.165) is 6.42 Å². The van der Waals surface area contributed by atoms with Crippen molar-refractivity contribution in [2.24, 2.45) is 0 Å². The van der Waals surface area contributed by atoms with Crippen molar-refractivity contribution < 1.29 is 28.6 Å². The van der Waals surface area contributed by atoms with Gasteiger partial charge in [-0.05, 0) is 27.2 Å². The van der Waals surface area contributed by atoms with E-state index >= 15 is 0 Å². The summed E-state index contributed by atoms with van der Waals surface area (Å²) in [6, 6.07) is 0. The number of carbonyl (C=O) groups is 3. The summed E-state index contributed by atoms with van der Waals surface area (Å²) >= 11 is 0. The molecule has 1 rings (SSSR count). The summed E-state index contributed by atoms with van der Waals surface area (Å²) in [6.45, 7) is 8.59. The highest BCUT2D eigenvalue weighted by molar-refractivity contribution is 5.79. The van der Waals surface area contributed by atoms with Gasteiger partial charge in [0.1, 0.15) is 12.2 Å². The molecule has 0 aromatic heterocycles. The summed E-state index contributed by atoms with van der Waals surface area (Å²) in [5.41, 5.74) is -0.567. The molecule has 0 aromatic carbocycles. The van der Waals surface area contributed by atoms with Gasteiger partial charge in [0.15, 0.2) is 0 Å². The van der Waals surface area contributed by atoms with Crippen LogP contribution in [0.4, 0.5) is 4.79 Å². The van der Waals surface area contributed by atoms with Crippen LogP contribution in [0.15, 0.2) is 0 Å². The number of amides is 3. The number of carbonyl (C=O) groups excluding carboxylic acids is 3. The first-order valence-corrected chi connectivity index (χ1v) is 9.32. The first-order chi connectivity index (χ1) is 12.7. The van der Waals surface area contributed by atoms with Gasteiger partial charge < -0.3 is 29.3 Å². The lowest BCUT2D eigenvalue weighted by atomic mass is 10.2. The molecule has 0 saturated carbocycles. The van der Waals surface area contributed by atoms with E-state index < -0.39 is 11.7 Å². The lowest BCUT2D eigenvalue weighted by Crippen LogP contribution is -2.40. The van der Waals surface area contributed by atoms with Crippen LogP contribution < -0.4 is 5.32 Å². The summed E-state index contributed by atoms with van der Waals surface area (Å²) in [4.78, 5) is 39.5. The molecule has 156 valence electrons. The van der Waals surface area contributed by atoms with Gasteiger partial charge >= 0.3 is 6.09 Å². The monoisotopic (exact) mass is 387 g/mol. The highest BCUT2D eigenvalue weighted by Gasteiger charge is 2.22. The maximum Gasteiger partial charge on any atom is 0.407 e. The lowest BCUT2D eigenvalue weighted by Gasteiger charge is -2.23. The Labute approximate surface area is 161 Å². The average molecular weight is 387 g/mol. The molecule has 0 radical (unpaired) electrons. The van der Waals surface area contributed by atoms with Gasteiger partial charge in [0.2, 0.25) is 11.8 Å². The Morgan fingerprint density at radius 1 is 0.963 bits per heavy atom. The minimum absolute atomic E-state index is 0.0249. The summed E-state index contributed by atoms with van der Waals surface area (Å²) in [5.74, 6) is -0.122. The molecule has 0 bridgehead atoms. The number of methoxy groups -OCH3 is 1. The normalized spacial score (nSPS) is 15.3. The second kappa shape index (κ2) is 11.8. The third kappa shape index (κ3) is 10.1. The molecule has 0 spiro atoms. The molecule has 0 aromatic rings. The van der Waals surface area contributed by atoms with Crippen molar-refractivity contribution in [3.8, 4) is 0 Å². The van der Waals surface area contributed by atoms with Gasteiger partial charge in [-0.15, -0.1) is 0 Å². The molecule has 1 fully saturated rings. The van der Waals surface area contributed by atoms with Gasteiger partial charge in [-0.1, -0.05) is 0 Å². The van der Waals surface area contributed by atoms with Crippen molar-refractivity contribution in [3.05, 3.63) is 0 Å². The summed E-state index contributed by atoms with van der Waals surface area (Å²) in [7, 11) is 1.58. The minimum atomic E-state index is -0.567. The molecule has 1 saturated heterocycles. The number of rotatable bonds is 8. The van der Waals surface area contributed by atoms with Crippen molar-refractivity contribution in [3.63, 3.8) is 0 Å². The SMILES string of the molecule is COCCOCC(=O)N1CCCN(C(=O)CCNC(=O)OC(C)(C)C)CC1. The van der Waals surface area contributed by atoms with Crippen LogP contribution in [0.1, 0.15) is 33.6 Å². The second-order valence-electron chi connectivity index (χ2n) is 7.34. The van der Waals surface area contributed by atoms with Crippen molar-refractivity contribution in [1.82, 2.24) is 15.1 Å². The standard InChI is InChI=1S/C18H33N3O6/c1-18(2,3)27-17(24)19-7-6-15(22)20-8-5-9-21(11-10-20)16(23)14-26-13-12-25-4/h5-14H2,1-4H3,(H,19,24). The molecule has 0 atom stereocenters. The Morgan fingerprint density at radius 3 is 2.19 bits per heavy atom. The Balaban J connectivity index is 2.29. The van der Waals surface area contributed by atoms with Crippen LogP contribution in [0.2, 0.25) is 0 Å². The zero-order valence-corrected chi connectivity index (χ0v) is 16.9. The zero-order chi connectivity index (χ0) is 20.3. The van der Waals surface area contributed by atoms with Gasteiger partial charge in [-0.25, -0.2) is 4.79 Å². The van der Waals surface area contributed by atoms with E-state index in [-0.39, 0.29) is 31.4 Å². The fourth-order valence-corrected chi connectivity index (χ4v) is 2.55. The number of alkyl carbamates (subject to hydrolysis) is 1. The molecule has 0 aliphatic carbocycles. The number of hydrogen-bond donors (Lipinski definition) is 1. The highest BCUT2D eigenvalue weighted by atomic mass is 16.6. The summed E-state index contributed by atoms with van der Waals surface area (Å²) < 4.78 is 15.3. The van der Waals surface area contributed by atoms with Crippen LogP contribution in [0.25, 0.3) is 0 Å². The molecule has 1 aliphatic heterocycles. The molecule has 9 nitrogen and oxygen atoms in total. The average Bonchev–Trinajstić information content (AvgIpc) is 2.83. The van der Waals surface area contributed by atoms with E-state index in [4.69, 9.17) is 14.2 Å². The van der Waals surface area contributed by atoms with Gasteiger partial charge in [0.25, 0.3) is 0 Å². The first-order valence-electron chi connectivity index (χ1n) is 9.32. The lowest BCUT2D eigenvalue weighted by molar-refractivity contribution is -0.137. The first kappa shape index (κ1) is 23.2. The van der Waals surface area contributed by atoms with Gasteiger partial charge in [-0.3, -0.25) is 9.59 Å². The van der Waals surface area contributed by atoms with Crippen LogP contribution in [0.3, 0.4) is 0 Å². The summed E-state index contributed by atoms with van der Waals surface area (Å²) in [5, 5.41) is 2.59. The molecule has 1 aliphatic rings. The van der Waals surface area contributed by atoms with Gasteiger partial charge in [-0.2, -0.15) is 0 Å². The molecular weight excluding hydrogens is 354 g/mol. The van der Waals surface area contributed by atoms with Crippen LogP contribution in [0, 0.1) is 0 Å².